The number of nitrogen functional groups attached to an aromatic ring is 1. The molecule has 0 bridgehead atoms. The normalized spacial score (nSPS) is 10.7. The van der Waals surface area contributed by atoms with Crippen LogP contribution in [0.4, 0.5) is 11.6 Å². The molecule has 2 heterocycles. The van der Waals surface area contributed by atoms with E-state index in [4.69, 9.17) is 10.5 Å². The number of nitro benzene ring substituents is 1. The van der Waals surface area contributed by atoms with E-state index >= 15 is 0 Å². The minimum absolute atomic E-state index is 0.0376. The Morgan fingerprint density at radius 3 is 2.95 bits per heavy atom. The number of rotatable bonds is 3. The fourth-order valence-corrected chi connectivity index (χ4v) is 2.07. The van der Waals surface area contributed by atoms with Crippen LogP contribution in [0, 0.1) is 10.1 Å². The van der Waals surface area contributed by atoms with Gasteiger partial charge in [0.2, 0.25) is 11.7 Å². The highest BCUT2D eigenvalue weighted by atomic mass is 79.9. The molecule has 0 unspecified atom stereocenters. The first-order valence-corrected chi connectivity index (χ1v) is 6.42. The van der Waals surface area contributed by atoms with Crippen molar-refractivity contribution in [1.29, 1.82) is 0 Å². The molecule has 3 N–H and O–H groups in total. The summed E-state index contributed by atoms with van der Waals surface area (Å²) in [6.45, 7) is 0. The summed E-state index contributed by atoms with van der Waals surface area (Å²) >= 11 is 3.17. The van der Waals surface area contributed by atoms with E-state index in [-0.39, 0.29) is 23.3 Å². The summed E-state index contributed by atoms with van der Waals surface area (Å²) < 4.78 is 6.08. The Labute approximate surface area is 125 Å². The van der Waals surface area contributed by atoms with Gasteiger partial charge in [0.25, 0.3) is 5.88 Å². The molecular formula is C11H7BrN6O3. The van der Waals surface area contributed by atoms with Gasteiger partial charge in [0.05, 0.1) is 11.3 Å². The fraction of sp³-hybridized carbons (Fsp3) is 0. The summed E-state index contributed by atoms with van der Waals surface area (Å²) in [4.78, 5) is 25.1. The number of hydrogen-bond acceptors (Lipinski definition) is 7. The number of nitrogens with zero attached hydrogens (tertiary/aromatic N) is 4. The summed E-state index contributed by atoms with van der Waals surface area (Å²) in [6.07, 6.45) is 1.40. The molecule has 106 valence electrons. The number of H-pyrrole nitrogens is 1. The second kappa shape index (κ2) is 4.98. The third-order valence-corrected chi connectivity index (χ3v) is 3.09. The Hall–Kier alpha value is -2.75. The molecule has 0 aliphatic rings. The van der Waals surface area contributed by atoms with Gasteiger partial charge in [0.1, 0.15) is 5.52 Å². The SMILES string of the molecule is Nc1nc(Oc2ccc(Br)cc2[N+](=O)[O-])c2[nH]cnc2n1. The summed E-state index contributed by atoms with van der Waals surface area (Å²) in [5.41, 5.74) is 6.08. The average Bonchev–Trinajstić information content (AvgIpc) is 2.88. The minimum atomic E-state index is -0.547. The molecule has 0 fully saturated rings. The quantitative estimate of drug-likeness (QED) is 0.547. The van der Waals surface area contributed by atoms with Crippen molar-refractivity contribution in [1.82, 2.24) is 19.9 Å². The number of aromatic amines is 1. The molecule has 0 amide bonds. The zero-order valence-electron chi connectivity index (χ0n) is 10.3. The van der Waals surface area contributed by atoms with Crippen LogP contribution in [0.3, 0.4) is 0 Å². The molecule has 3 rings (SSSR count). The van der Waals surface area contributed by atoms with Crippen LogP contribution in [0.1, 0.15) is 0 Å². The zero-order valence-corrected chi connectivity index (χ0v) is 11.9. The van der Waals surface area contributed by atoms with Crippen molar-refractivity contribution in [2.45, 2.75) is 0 Å². The lowest BCUT2D eigenvalue weighted by atomic mass is 10.3. The van der Waals surface area contributed by atoms with Crippen molar-refractivity contribution in [3.05, 3.63) is 39.1 Å². The molecular weight excluding hydrogens is 344 g/mol. The van der Waals surface area contributed by atoms with E-state index in [9.17, 15) is 10.1 Å². The molecule has 21 heavy (non-hydrogen) atoms. The number of aromatic nitrogens is 4. The number of ether oxygens (including phenoxy) is 1. The van der Waals surface area contributed by atoms with Crippen LogP contribution >= 0.6 is 15.9 Å². The first-order chi connectivity index (χ1) is 10.0. The van der Waals surface area contributed by atoms with Gasteiger partial charge in [-0.15, -0.1) is 0 Å². The number of benzene rings is 1. The lowest BCUT2D eigenvalue weighted by Gasteiger charge is -2.06. The van der Waals surface area contributed by atoms with Gasteiger partial charge in [0.15, 0.2) is 5.65 Å². The molecule has 0 saturated heterocycles. The summed E-state index contributed by atoms with van der Waals surface area (Å²) in [7, 11) is 0. The van der Waals surface area contributed by atoms with Gasteiger partial charge in [-0.2, -0.15) is 9.97 Å². The largest absolute Gasteiger partial charge is 0.430 e. The Bertz CT molecular complexity index is 849. The maximum absolute atomic E-state index is 11.1. The van der Waals surface area contributed by atoms with Crippen LogP contribution < -0.4 is 10.5 Å². The number of imidazole rings is 1. The van der Waals surface area contributed by atoms with Crippen molar-refractivity contribution in [3.8, 4) is 11.6 Å². The van der Waals surface area contributed by atoms with Crippen LogP contribution in [0.25, 0.3) is 11.2 Å². The van der Waals surface area contributed by atoms with Gasteiger partial charge < -0.3 is 15.5 Å². The number of halogens is 1. The van der Waals surface area contributed by atoms with Crippen molar-refractivity contribution >= 4 is 38.7 Å². The number of anilines is 1. The molecule has 0 aliphatic heterocycles. The maximum Gasteiger partial charge on any atom is 0.312 e. The van der Waals surface area contributed by atoms with Crippen molar-refractivity contribution in [2.24, 2.45) is 0 Å². The minimum Gasteiger partial charge on any atom is -0.430 e. The first-order valence-electron chi connectivity index (χ1n) is 5.63. The maximum atomic E-state index is 11.1. The molecule has 1 aromatic carbocycles. The molecule has 0 saturated carbocycles. The van der Waals surface area contributed by atoms with E-state index in [1.807, 2.05) is 0 Å². The van der Waals surface area contributed by atoms with Gasteiger partial charge >= 0.3 is 5.69 Å². The number of nitro groups is 1. The van der Waals surface area contributed by atoms with Crippen LogP contribution in [0.15, 0.2) is 29.0 Å². The van der Waals surface area contributed by atoms with Crippen molar-refractivity contribution in [3.63, 3.8) is 0 Å². The molecule has 0 atom stereocenters. The molecule has 0 aliphatic carbocycles. The molecule has 10 heteroatoms. The Morgan fingerprint density at radius 2 is 2.19 bits per heavy atom. The zero-order chi connectivity index (χ0) is 15.0. The number of fused-ring (bicyclic) bond motifs is 1. The van der Waals surface area contributed by atoms with Crippen molar-refractivity contribution in [2.75, 3.05) is 5.73 Å². The first kappa shape index (κ1) is 13.2. The van der Waals surface area contributed by atoms with E-state index in [1.54, 1.807) is 6.07 Å². The molecule has 2 aromatic heterocycles. The van der Waals surface area contributed by atoms with Gasteiger partial charge in [-0.1, -0.05) is 15.9 Å². The highest BCUT2D eigenvalue weighted by molar-refractivity contribution is 9.10. The van der Waals surface area contributed by atoms with E-state index in [0.29, 0.717) is 15.6 Å². The number of hydrogen-bond donors (Lipinski definition) is 2. The van der Waals surface area contributed by atoms with E-state index in [2.05, 4.69) is 35.9 Å². The van der Waals surface area contributed by atoms with Gasteiger partial charge in [0, 0.05) is 10.5 Å². The van der Waals surface area contributed by atoms with Crippen LogP contribution in [0.2, 0.25) is 0 Å². The monoisotopic (exact) mass is 350 g/mol. The predicted molar refractivity (Wildman–Crippen MR) is 77.0 cm³/mol. The number of nitrogens with two attached hydrogens (primary N) is 1. The topological polar surface area (TPSA) is 133 Å². The molecule has 9 nitrogen and oxygen atoms in total. The second-order valence-corrected chi connectivity index (χ2v) is 4.87. The Kier molecular flexibility index (Phi) is 3.14. The van der Waals surface area contributed by atoms with Gasteiger partial charge in [-0.3, -0.25) is 10.1 Å². The Morgan fingerprint density at radius 1 is 1.38 bits per heavy atom. The van der Waals surface area contributed by atoms with Crippen LogP contribution in [-0.2, 0) is 0 Å². The van der Waals surface area contributed by atoms with E-state index < -0.39 is 4.92 Å². The summed E-state index contributed by atoms with van der Waals surface area (Å²) in [5.74, 6) is 0.0713. The Balaban J connectivity index is 2.10. The third kappa shape index (κ3) is 2.48. The molecule has 3 aromatic rings. The van der Waals surface area contributed by atoms with E-state index in [1.165, 1.54) is 18.5 Å². The van der Waals surface area contributed by atoms with Gasteiger partial charge in [-0.25, -0.2) is 4.98 Å². The lowest BCUT2D eigenvalue weighted by Crippen LogP contribution is -2.00. The fourth-order valence-electron chi connectivity index (χ4n) is 1.72. The highest BCUT2D eigenvalue weighted by Crippen LogP contribution is 2.34. The smallest absolute Gasteiger partial charge is 0.312 e. The predicted octanol–water partition coefficient (Wildman–Crippen LogP) is 2.40. The molecule has 0 radical (unpaired) electrons. The van der Waals surface area contributed by atoms with Crippen LogP contribution in [-0.4, -0.2) is 24.9 Å². The third-order valence-electron chi connectivity index (χ3n) is 2.59. The van der Waals surface area contributed by atoms with Crippen LogP contribution in [0.5, 0.6) is 11.6 Å². The highest BCUT2D eigenvalue weighted by Gasteiger charge is 2.19. The standard InChI is InChI=1S/C11H7BrN6O3/c12-5-1-2-7(6(3-5)18(19)20)21-10-8-9(15-4-14-8)16-11(13)17-10/h1-4H,(H3,13,14,15,16,17). The average molecular weight is 351 g/mol. The van der Waals surface area contributed by atoms with Crippen molar-refractivity contribution < 1.29 is 9.66 Å². The van der Waals surface area contributed by atoms with Gasteiger partial charge in [-0.05, 0) is 12.1 Å². The second-order valence-electron chi connectivity index (χ2n) is 3.96. The lowest BCUT2D eigenvalue weighted by molar-refractivity contribution is -0.385. The molecule has 0 spiro atoms. The summed E-state index contributed by atoms with van der Waals surface area (Å²) in [5, 5.41) is 11.1. The number of nitrogens with one attached hydrogen (secondary N) is 1. The van der Waals surface area contributed by atoms with E-state index in [0.717, 1.165) is 0 Å². The summed E-state index contributed by atoms with van der Waals surface area (Å²) in [6, 6.07) is 4.42.